The number of piperazine rings is 1. The molecular formula is C30H36Cl2N8O3. The number of hydrogen-bond acceptors (Lipinski definition) is 7. The number of hydrogen-bond donors (Lipinski definition) is 4. The Morgan fingerprint density at radius 3 is 2.30 bits per heavy atom. The number of ether oxygens (including phenoxy) is 1. The standard InChI is InChI=1S/C22H27Cl2N5O2.C8H9N3O/c23-17-4-3-5-18(20(17)24)29-13-11-28(12-14-29)10-1-2-15-31-19-7-6-16-8-9-25-22(30)27-21(16)26-19;12-8-10-5-3-6-2-1-4-9-7(6)11-8/h3-7H,1-2,8-15H2,(H2,25,26,27,30);1-2,4H,3,5H2,(H2,9,10,11,12). The number of anilines is 3. The second-order valence-corrected chi connectivity index (χ2v) is 11.2. The lowest BCUT2D eigenvalue weighted by Gasteiger charge is -2.36. The molecule has 5 heterocycles. The monoisotopic (exact) mass is 626 g/mol. The number of pyridine rings is 2. The van der Waals surface area contributed by atoms with Gasteiger partial charge in [0.25, 0.3) is 0 Å². The van der Waals surface area contributed by atoms with E-state index in [2.05, 4.69) is 41.0 Å². The average molecular weight is 628 g/mol. The number of rotatable bonds is 7. The third kappa shape index (κ3) is 8.62. The molecule has 0 saturated carbocycles. The first-order valence-electron chi connectivity index (χ1n) is 14.5. The lowest BCUT2D eigenvalue weighted by atomic mass is 10.2. The number of carbonyl (C=O) groups excluding carboxylic acids is 2. The van der Waals surface area contributed by atoms with Crippen molar-refractivity contribution in [3.8, 4) is 5.88 Å². The van der Waals surface area contributed by atoms with E-state index < -0.39 is 0 Å². The Balaban J connectivity index is 0.000000255. The van der Waals surface area contributed by atoms with Crippen molar-refractivity contribution < 1.29 is 14.3 Å². The third-order valence-electron chi connectivity index (χ3n) is 7.43. The van der Waals surface area contributed by atoms with Gasteiger partial charge in [-0.3, -0.25) is 15.5 Å². The molecule has 0 unspecified atom stereocenters. The van der Waals surface area contributed by atoms with Gasteiger partial charge in [0.15, 0.2) is 0 Å². The van der Waals surface area contributed by atoms with Crippen molar-refractivity contribution in [1.82, 2.24) is 25.5 Å². The molecule has 6 rings (SSSR count). The van der Waals surface area contributed by atoms with Crippen LogP contribution in [-0.2, 0) is 12.8 Å². The summed E-state index contributed by atoms with van der Waals surface area (Å²) in [5.41, 5.74) is 3.11. The topological polar surface area (TPSA) is 124 Å². The number of nitrogens with one attached hydrogen (secondary N) is 4. The van der Waals surface area contributed by atoms with Crippen molar-refractivity contribution in [2.75, 3.05) is 68.0 Å². The molecule has 228 valence electrons. The van der Waals surface area contributed by atoms with Gasteiger partial charge in [-0.1, -0.05) is 35.3 Å². The van der Waals surface area contributed by atoms with Gasteiger partial charge in [0.2, 0.25) is 5.88 Å². The smallest absolute Gasteiger partial charge is 0.320 e. The van der Waals surface area contributed by atoms with E-state index in [0.29, 0.717) is 47.3 Å². The Bertz CT molecular complexity index is 1420. The lowest BCUT2D eigenvalue weighted by Crippen LogP contribution is -2.46. The van der Waals surface area contributed by atoms with E-state index in [-0.39, 0.29) is 12.1 Å². The van der Waals surface area contributed by atoms with Crippen molar-refractivity contribution in [3.05, 3.63) is 69.8 Å². The summed E-state index contributed by atoms with van der Waals surface area (Å²) in [7, 11) is 0. The van der Waals surface area contributed by atoms with Crippen LogP contribution in [0.4, 0.5) is 26.9 Å². The number of urea groups is 2. The largest absolute Gasteiger partial charge is 0.478 e. The molecule has 13 heteroatoms. The predicted octanol–water partition coefficient (Wildman–Crippen LogP) is 4.81. The zero-order valence-electron chi connectivity index (χ0n) is 23.9. The van der Waals surface area contributed by atoms with Crippen LogP contribution in [0.25, 0.3) is 0 Å². The highest BCUT2D eigenvalue weighted by molar-refractivity contribution is 6.43. The highest BCUT2D eigenvalue weighted by Crippen LogP contribution is 2.33. The fourth-order valence-corrected chi connectivity index (χ4v) is 5.52. The summed E-state index contributed by atoms with van der Waals surface area (Å²) < 4.78 is 5.80. The summed E-state index contributed by atoms with van der Waals surface area (Å²) in [5.74, 6) is 1.81. The molecule has 1 saturated heterocycles. The second kappa shape index (κ2) is 15.1. The van der Waals surface area contributed by atoms with Gasteiger partial charge in [0, 0.05) is 51.5 Å². The molecular weight excluding hydrogens is 591 g/mol. The molecule has 0 aliphatic carbocycles. The molecule has 1 aromatic carbocycles. The maximum Gasteiger partial charge on any atom is 0.320 e. The predicted molar refractivity (Wildman–Crippen MR) is 170 cm³/mol. The van der Waals surface area contributed by atoms with Gasteiger partial charge in [-0.15, -0.1) is 0 Å². The summed E-state index contributed by atoms with van der Waals surface area (Å²) in [6.45, 7) is 6.82. The van der Waals surface area contributed by atoms with Gasteiger partial charge >= 0.3 is 12.1 Å². The molecule has 11 nitrogen and oxygen atoms in total. The summed E-state index contributed by atoms with van der Waals surface area (Å²) in [5, 5.41) is 12.1. The molecule has 3 aromatic rings. The highest BCUT2D eigenvalue weighted by Gasteiger charge is 2.20. The van der Waals surface area contributed by atoms with Gasteiger partial charge in [0.05, 0.1) is 22.3 Å². The molecule has 0 radical (unpaired) electrons. The maximum absolute atomic E-state index is 11.6. The third-order valence-corrected chi connectivity index (χ3v) is 8.24. The summed E-state index contributed by atoms with van der Waals surface area (Å²) in [6.07, 6.45) is 5.28. The number of halogens is 2. The van der Waals surface area contributed by atoms with Gasteiger partial charge < -0.3 is 20.3 Å². The molecule has 0 bridgehead atoms. The molecule has 4 amide bonds. The number of fused-ring (bicyclic) bond motifs is 2. The van der Waals surface area contributed by atoms with E-state index in [9.17, 15) is 9.59 Å². The van der Waals surface area contributed by atoms with E-state index in [0.717, 1.165) is 75.2 Å². The summed E-state index contributed by atoms with van der Waals surface area (Å²) in [4.78, 5) is 35.9. The second-order valence-electron chi connectivity index (χ2n) is 10.4. The molecule has 0 atom stereocenters. The quantitative estimate of drug-likeness (QED) is 0.278. The number of amides is 4. The molecule has 43 heavy (non-hydrogen) atoms. The minimum absolute atomic E-state index is 0.174. The number of unbranched alkanes of at least 4 members (excludes halogenated alkanes) is 1. The Morgan fingerprint density at radius 1 is 0.814 bits per heavy atom. The van der Waals surface area contributed by atoms with Crippen LogP contribution in [0.5, 0.6) is 5.88 Å². The van der Waals surface area contributed by atoms with E-state index in [1.54, 1.807) is 6.20 Å². The summed E-state index contributed by atoms with van der Waals surface area (Å²) in [6, 6.07) is 13.1. The van der Waals surface area contributed by atoms with Crippen molar-refractivity contribution in [2.45, 2.75) is 25.7 Å². The first kappa shape index (κ1) is 30.7. The van der Waals surface area contributed by atoms with Crippen molar-refractivity contribution in [2.24, 2.45) is 0 Å². The van der Waals surface area contributed by atoms with Crippen LogP contribution in [0.2, 0.25) is 10.0 Å². The zero-order valence-corrected chi connectivity index (χ0v) is 25.4. The molecule has 4 N–H and O–H groups in total. The number of aromatic nitrogens is 2. The molecule has 2 aromatic heterocycles. The first-order valence-corrected chi connectivity index (χ1v) is 15.3. The minimum Gasteiger partial charge on any atom is -0.478 e. The Labute approximate surface area is 261 Å². The van der Waals surface area contributed by atoms with Crippen molar-refractivity contribution >= 4 is 52.6 Å². The Morgan fingerprint density at radius 2 is 1.53 bits per heavy atom. The minimum atomic E-state index is -0.221. The average Bonchev–Trinajstić information content (AvgIpc) is 3.32. The van der Waals surface area contributed by atoms with Crippen LogP contribution in [0.15, 0.2) is 48.7 Å². The molecule has 3 aliphatic rings. The fourth-order valence-electron chi connectivity index (χ4n) is 5.10. The SMILES string of the molecule is O=C1NCCc2ccc(OCCCCN3CCN(c4cccc(Cl)c4Cl)CC3)nc2N1.O=C1NCCc2cccnc2N1. The van der Waals surface area contributed by atoms with Crippen LogP contribution in [0.3, 0.4) is 0 Å². The van der Waals surface area contributed by atoms with Crippen LogP contribution in [-0.4, -0.2) is 79.4 Å². The molecule has 1 fully saturated rings. The normalized spacial score (nSPS) is 16.5. The van der Waals surface area contributed by atoms with Gasteiger partial charge in [0.1, 0.15) is 11.6 Å². The zero-order chi connectivity index (χ0) is 30.0. The van der Waals surface area contributed by atoms with E-state index >= 15 is 0 Å². The van der Waals surface area contributed by atoms with E-state index in [4.69, 9.17) is 27.9 Å². The highest BCUT2D eigenvalue weighted by atomic mass is 35.5. The van der Waals surface area contributed by atoms with Crippen LogP contribution < -0.4 is 30.9 Å². The molecule has 0 spiro atoms. The fraction of sp³-hybridized carbons (Fsp3) is 0.400. The van der Waals surface area contributed by atoms with E-state index in [1.165, 1.54) is 0 Å². The summed E-state index contributed by atoms with van der Waals surface area (Å²) >= 11 is 12.5. The van der Waals surface area contributed by atoms with E-state index in [1.807, 2.05) is 42.5 Å². The van der Waals surface area contributed by atoms with Crippen molar-refractivity contribution in [1.29, 1.82) is 0 Å². The number of benzene rings is 1. The van der Waals surface area contributed by atoms with Crippen LogP contribution in [0.1, 0.15) is 24.0 Å². The van der Waals surface area contributed by atoms with Crippen LogP contribution >= 0.6 is 23.2 Å². The Hall–Kier alpha value is -3.80. The van der Waals surface area contributed by atoms with Gasteiger partial charge in [-0.05, 0) is 67.6 Å². The first-order chi connectivity index (χ1) is 21.0. The lowest BCUT2D eigenvalue weighted by molar-refractivity contribution is 0.236. The Kier molecular flexibility index (Phi) is 10.8. The number of carbonyl (C=O) groups is 2. The molecule has 3 aliphatic heterocycles. The van der Waals surface area contributed by atoms with Gasteiger partial charge in [-0.2, -0.15) is 4.98 Å². The van der Waals surface area contributed by atoms with Crippen molar-refractivity contribution in [3.63, 3.8) is 0 Å². The maximum atomic E-state index is 11.6. The number of nitrogens with zero attached hydrogens (tertiary/aromatic N) is 4. The van der Waals surface area contributed by atoms with Crippen LogP contribution in [0, 0.1) is 0 Å². The van der Waals surface area contributed by atoms with Gasteiger partial charge in [-0.25, -0.2) is 14.6 Å².